The molecule has 0 spiro atoms. The Hall–Kier alpha value is -1.60. The average Bonchev–Trinajstić information content (AvgIpc) is 3.20. The van der Waals surface area contributed by atoms with E-state index in [-0.39, 0.29) is 23.3 Å². The van der Waals surface area contributed by atoms with Crippen LogP contribution in [0, 0.1) is 5.92 Å². The van der Waals surface area contributed by atoms with E-state index in [1.165, 1.54) is 11.1 Å². The number of ether oxygens (including phenoxy) is 1. The largest absolute Gasteiger partial charge is 0.493 e. The Morgan fingerprint density at radius 3 is 2.72 bits per heavy atom. The summed E-state index contributed by atoms with van der Waals surface area (Å²) in [4.78, 5) is 16.7. The number of hydrogen-bond acceptors (Lipinski definition) is 5. The minimum absolute atomic E-state index is 0.0235. The van der Waals surface area contributed by atoms with E-state index in [9.17, 15) is 13.2 Å². The number of sulfone groups is 1. The van der Waals surface area contributed by atoms with Gasteiger partial charge in [0.25, 0.3) is 0 Å². The second-order valence-corrected chi connectivity index (χ2v) is 9.47. The van der Waals surface area contributed by atoms with Crippen molar-refractivity contribution in [3.8, 4) is 5.75 Å². The fourth-order valence-electron chi connectivity index (χ4n) is 3.97. The molecule has 0 bridgehead atoms. The Morgan fingerprint density at radius 1 is 1.20 bits per heavy atom. The van der Waals surface area contributed by atoms with E-state index in [1.54, 1.807) is 0 Å². The summed E-state index contributed by atoms with van der Waals surface area (Å²) >= 11 is 0. The third-order valence-corrected chi connectivity index (χ3v) is 7.19. The van der Waals surface area contributed by atoms with Gasteiger partial charge in [-0.2, -0.15) is 0 Å². The second-order valence-electron chi connectivity index (χ2n) is 7.24. The fourth-order valence-corrected chi connectivity index (χ4v) is 5.70. The summed E-state index contributed by atoms with van der Waals surface area (Å²) in [6.45, 7) is 4.69. The first kappa shape index (κ1) is 16.8. The van der Waals surface area contributed by atoms with Crippen LogP contribution in [0.4, 0.5) is 0 Å². The Labute approximate surface area is 148 Å². The van der Waals surface area contributed by atoms with Gasteiger partial charge in [0, 0.05) is 39.1 Å². The standard InChI is InChI=1S/C18H24N2O4S/c21-18(16-4-10-25(22,23)13-16)20-7-5-19(6-8-20)12-14-1-2-17-15(11-14)3-9-24-17/h1-2,11,16H,3-10,12-13H2/t16-/m0/s1. The van der Waals surface area contributed by atoms with Crippen LogP contribution in [0.3, 0.4) is 0 Å². The molecule has 0 unspecified atom stereocenters. The van der Waals surface area contributed by atoms with Gasteiger partial charge in [-0.15, -0.1) is 0 Å². The summed E-state index contributed by atoms with van der Waals surface area (Å²) in [6, 6.07) is 6.40. The number of carbonyl (C=O) groups excluding carboxylic acids is 1. The molecule has 7 heteroatoms. The summed E-state index contributed by atoms with van der Waals surface area (Å²) < 4.78 is 28.7. The maximum absolute atomic E-state index is 12.5. The first-order valence-electron chi connectivity index (χ1n) is 8.96. The van der Waals surface area contributed by atoms with Crippen molar-refractivity contribution in [2.45, 2.75) is 19.4 Å². The van der Waals surface area contributed by atoms with Gasteiger partial charge in [0.1, 0.15) is 5.75 Å². The highest BCUT2D eigenvalue weighted by molar-refractivity contribution is 7.91. The molecule has 0 saturated carbocycles. The molecule has 0 N–H and O–H groups in total. The van der Waals surface area contributed by atoms with E-state index >= 15 is 0 Å². The third kappa shape index (κ3) is 3.67. The fraction of sp³-hybridized carbons (Fsp3) is 0.611. The SMILES string of the molecule is O=C([C@H]1CCS(=O)(=O)C1)N1CCN(Cc2ccc3c(c2)CCO3)CC1. The quantitative estimate of drug-likeness (QED) is 0.790. The molecule has 2 saturated heterocycles. The zero-order chi connectivity index (χ0) is 17.4. The summed E-state index contributed by atoms with van der Waals surface area (Å²) in [7, 11) is -3.00. The lowest BCUT2D eigenvalue weighted by Gasteiger charge is -2.35. The predicted octanol–water partition coefficient (Wildman–Crippen LogP) is 0.700. The van der Waals surface area contributed by atoms with Gasteiger partial charge < -0.3 is 9.64 Å². The molecule has 6 nitrogen and oxygen atoms in total. The van der Waals surface area contributed by atoms with E-state index < -0.39 is 9.84 Å². The van der Waals surface area contributed by atoms with Crippen molar-refractivity contribution in [1.29, 1.82) is 0 Å². The number of hydrogen-bond donors (Lipinski definition) is 0. The van der Waals surface area contributed by atoms with Gasteiger partial charge in [0.2, 0.25) is 5.91 Å². The minimum atomic E-state index is -3.00. The van der Waals surface area contributed by atoms with Gasteiger partial charge in [-0.3, -0.25) is 9.69 Å². The molecule has 25 heavy (non-hydrogen) atoms. The van der Waals surface area contributed by atoms with E-state index in [0.29, 0.717) is 19.5 Å². The molecule has 3 heterocycles. The van der Waals surface area contributed by atoms with Gasteiger partial charge in [0.05, 0.1) is 24.0 Å². The molecule has 1 atom stereocenters. The second kappa shape index (κ2) is 6.61. The smallest absolute Gasteiger partial charge is 0.226 e. The van der Waals surface area contributed by atoms with Crippen LogP contribution in [0.2, 0.25) is 0 Å². The molecule has 1 amide bonds. The maximum Gasteiger partial charge on any atom is 0.226 e. The van der Waals surface area contributed by atoms with Crippen molar-refractivity contribution >= 4 is 15.7 Å². The van der Waals surface area contributed by atoms with Gasteiger partial charge in [0.15, 0.2) is 9.84 Å². The third-order valence-electron chi connectivity index (χ3n) is 5.43. The van der Waals surface area contributed by atoms with Crippen molar-refractivity contribution in [1.82, 2.24) is 9.80 Å². The molecule has 0 aliphatic carbocycles. The lowest BCUT2D eigenvalue weighted by atomic mass is 10.1. The highest BCUT2D eigenvalue weighted by Crippen LogP contribution is 2.27. The Kier molecular flexibility index (Phi) is 4.45. The van der Waals surface area contributed by atoms with Gasteiger partial charge >= 0.3 is 0 Å². The van der Waals surface area contributed by atoms with Crippen LogP contribution in [0.1, 0.15) is 17.5 Å². The summed E-state index contributed by atoms with van der Waals surface area (Å²) in [6.07, 6.45) is 1.47. The molecule has 1 aromatic carbocycles. The molecule has 3 aliphatic heterocycles. The van der Waals surface area contributed by atoms with Crippen LogP contribution < -0.4 is 4.74 Å². The molecular formula is C18H24N2O4S. The Morgan fingerprint density at radius 2 is 2.00 bits per heavy atom. The number of piperazine rings is 1. The summed E-state index contributed by atoms with van der Waals surface area (Å²) in [5, 5.41) is 0. The molecule has 2 fully saturated rings. The van der Waals surface area contributed by atoms with Crippen LogP contribution in [0.15, 0.2) is 18.2 Å². The summed E-state index contributed by atoms with van der Waals surface area (Å²) in [5.74, 6) is 0.892. The van der Waals surface area contributed by atoms with Crippen LogP contribution in [0.25, 0.3) is 0 Å². The zero-order valence-corrected chi connectivity index (χ0v) is 15.1. The number of amides is 1. The predicted molar refractivity (Wildman–Crippen MR) is 94.3 cm³/mol. The van der Waals surface area contributed by atoms with Crippen LogP contribution in [-0.2, 0) is 27.6 Å². The maximum atomic E-state index is 12.5. The van der Waals surface area contributed by atoms with E-state index in [2.05, 4.69) is 23.1 Å². The molecular weight excluding hydrogens is 340 g/mol. The van der Waals surface area contributed by atoms with Crippen molar-refractivity contribution < 1.29 is 17.9 Å². The molecule has 1 aromatic rings. The van der Waals surface area contributed by atoms with E-state index in [0.717, 1.165) is 38.4 Å². The first-order valence-corrected chi connectivity index (χ1v) is 10.8. The van der Waals surface area contributed by atoms with Gasteiger partial charge in [-0.1, -0.05) is 12.1 Å². The van der Waals surface area contributed by atoms with Crippen LogP contribution >= 0.6 is 0 Å². The lowest BCUT2D eigenvalue weighted by Crippen LogP contribution is -2.50. The molecule has 136 valence electrons. The normalized spacial score (nSPS) is 25.6. The number of nitrogens with zero attached hydrogens (tertiary/aromatic N) is 2. The number of fused-ring (bicyclic) bond motifs is 1. The van der Waals surface area contributed by atoms with Gasteiger partial charge in [-0.05, 0) is 23.6 Å². The highest BCUT2D eigenvalue weighted by Gasteiger charge is 2.36. The molecule has 0 radical (unpaired) electrons. The Balaban J connectivity index is 1.30. The highest BCUT2D eigenvalue weighted by atomic mass is 32.2. The van der Waals surface area contributed by atoms with Crippen molar-refractivity contribution in [2.75, 3.05) is 44.3 Å². The monoisotopic (exact) mass is 364 g/mol. The minimum Gasteiger partial charge on any atom is -0.493 e. The number of carbonyl (C=O) groups is 1. The van der Waals surface area contributed by atoms with Crippen molar-refractivity contribution in [3.05, 3.63) is 29.3 Å². The lowest BCUT2D eigenvalue weighted by molar-refractivity contribution is -0.136. The average molecular weight is 364 g/mol. The van der Waals surface area contributed by atoms with Crippen molar-refractivity contribution in [2.24, 2.45) is 5.92 Å². The van der Waals surface area contributed by atoms with Crippen molar-refractivity contribution in [3.63, 3.8) is 0 Å². The number of benzene rings is 1. The topological polar surface area (TPSA) is 66.9 Å². The zero-order valence-electron chi connectivity index (χ0n) is 14.3. The number of rotatable bonds is 3. The molecule has 0 aromatic heterocycles. The molecule has 3 aliphatic rings. The Bertz CT molecular complexity index is 769. The van der Waals surface area contributed by atoms with Gasteiger partial charge in [-0.25, -0.2) is 8.42 Å². The van der Waals surface area contributed by atoms with Crippen LogP contribution in [0.5, 0.6) is 5.75 Å². The first-order chi connectivity index (χ1) is 12.0. The van der Waals surface area contributed by atoms with E-state index in [4.69, 9.17) is 4.74 Å². The van der Waals surface area contributed by atoms with E-state index in [1.807, 2.05) is 4.90 Å². The summed E-state index contributed by atoms with van der Waals surface area (Å²) in [5.41, 5.74) is 2.57. The molecule has 4 rings (SSSR count). The van der Waals surface area contributed by atoms with Crippen LogP contribution in [-0.4, -0.2) is 68.4 Å².